The van der Waals surface area contributed by atoms with E-state index in [0.29, 0.717) is 37.8 Å². The molecule has 474 valence electrons. The summed E-state index contributed by atoms with van der Waals surface area (Å²) in [6.45, 7) is 24.1. The van der Waals surface area contributed by atoms with Crippen LogP contribution in [0, 0.1) is 11.8 Å². The molecule has 6 aliphatic rings. The van der Waals surface area contributed by atoms with Crippen LogP contribution in [0.1, 0.15) is 131 Å². The van der Waals surface area contributed by atoms with Crippen molar-refractivity contribution >= 4 is 0 Å². The second-order valence-electron chi connectivity index (χ2n) is 26.2. The van der Waals surface area contributed by atoms with Gasteiger partial charge in [-0.05, 0) is 186 Å². The van der Waals surface area contributed by atoms with Gasteiger partial charge in [-0.2, -0.15) is 0 Å². The molecule has 0 radical (unpaired) electrons. The van der Waals surface area contributed by atoms with Crippen LogP contribution in [0.3, 0.4) is 0 Å². The number of benzene rings is 10. The molecule has 10 aromatic rings. The maximum Gasteiger partial charge on any atom is 0.119 e. The van der Waals surface area contributed by atoms with Crippen molar-refractivity contribution in [3.05, 3.63) is 384 Å². The molecule has 0 N–H and O–H groups in total. The molecule has 5 atom stereocenters. The monoisotopic (exact) mass is 1240 g/mol. The summed E-state index contributed by atoms with van der Waals surface area (Å²) in [6, 6.07) is 86.7. The molecule has 0 amide bonds. The molecule has 6 aliphatic carbocycles. The molecular formula is C91H86O4. The van der Waals surface area contributed by atoms with Gasteiger partial charge in [-0.25, -0.2) is 0 Å². The van der Waals surface area contributed by atoms with Gasteiger partial charge in [0.15, 0.2) is 0 Å². The first-order valence-corrected chi connectivity index (χ1v) is 33.9. The molecule has 10 aromatic carbocycles. The molecule has 0 spiro atoms. The smallest absolute Gasteiger partial charge is 0.119 e. The molecule has 5 unspecified atom stereocenters. The van der Waals surface area contributed by atoms with Crippen LogP contribution in [0.4, 0.5) is 0 Å². The molecule has 16 rings (SSSR count). The van der Waals surface area contributed by atoms with Gasteiger partial charge in [0.25, 0.3) is 0 Å². The Morgan fingerprint density at radius 1 is 0.347 bits per heavy atom. The second-order valence-corrected chi connectivity index (χ2v) is 26.2. The lowest BCUT2D eigenvalue weighted by atomic mass is 9.68. The number of rotatable bonds is 16. The third-order valence-electron chi connectivity index (χ3n) is 20.8. The van der Waals surface area contributed by atoms with E-state index in [4.69, 9.17) is 18.9 Å². The lowest BCUT2D eigenvalue weighted by Crippen LogP contribution is -2.28. The highest BCUT2D eigenvalue weighted by Crippen LogP contribution is 2.59. The molecular weight excluding hydrogens is 1160 g/mol. The zero-order chi connectivity index (χ0) is 65.4. The Bertz CT molecular complexity index is 4000. The summed E-state index contributed by atoms with van der Waals surface area (Å²) < 4.78 is 23.0. The van der Waals surface area contributed by atoms with Crippen LogP contribution in [-0.2, 0) is 16.2 Å². The molecule has 0 saturated carbocycles. The SMILES string of the molecule is C=CCOc1ccc(C2(c3ccc(OCC=C)cc3)c3ccccc3-c3ccccc32)cc1.C=CCOc1ccc(C2(c3ccc(OCC=C)cc3)c3ccccc3-c3ccccc32)cc1.CC1(C)c2ccccc2C2C=CCCC21.CC1c2ccccc2C2C=CCCC12. The van der Waals surface area contributed by atoms with Crippen LogP contribution >= 0.6 is 0 Å². The van der Waals surface area contributed by atoms with Crippen LogP contribution in [0.2, 0.25) is 0 Å². The van der Waals surface area contributed by atoms with E-state index >= 15 is 0 Å². The maximum absolute atomic E-state index is 5.76. The quantitative estimate of drug-likeness (QED) is 0.0904. The van der Waals surface area contributed by atoms with Crippen molar-refractivity contribution < 1.29 is 18.9 Å². The van der Waals surface area contributed by atoms with E-state index in [1.54, 1.807) is 46.6 Å². The minimum atomic E-state index is -0.429. The summed E-state index contributed by atoms with van der Waals surface area (Å²) in [4.78, 5) is 0. The largest absolute Gasteiger partial charge is 0.490 e. The summed E-state index contributed by atoms with van der Waals surface area (Å²) in [5.74, 6) is 7.20. The second kappa shape index (κ2) is 28.2. The first-order valence-electron chi connectivity index (χ1n) is 33.9. The summed E-state index contributed by atoms with van der Waals surface area (Å²) in [7, 11) is 0. The Morgan fingerprint density at radius 3 is 1.02 bits per heavy atom. The van der Waals surface area contributed by atoms with Gasteiger partial charge in [0.1, 0.15) is 49.4 Å². The number of hydrogen-bond donors (Lipinski definition) is 0. The third-order valence-corrected chi connectivity index (χ3v) is 20.8. The molecule has 0 aliphatic heterocycles. The lowest BCUT2D eigenvalue weighted by molar-refractivity contribution is 0.301. The van der Waals surface area contributed by atoms with Gasteiger partial charge >= 0.3 is 0 Å². The van der Waals surface area contributed by atoms with E-state index in [9.17, 15) is 0 Å². The molecule has 0 heterocycles. The van der Waals surface area contributed by atoms with Gasteiger partial charge in [-0.15, -0.1) is 0 Å². The van der Waals surface area contributed by atoms with Crippen molar-refractivity contribution in [3.8, 4) is 45.3 Å². The predicted molar refractivity (Wildman–Crippen MR) is 394 cm³/mol. The summed E-state index contributed by atoms with van der Waals surface area (Å²) >= 11 is 0. The average molecular weight is 1240 g/mol. The van der Waals surface area contributed by atoms with Gasteiger partial charge in [0, 0.05) is 11.8 Å². The highest BCUT2D eigenvalue weighted by molar-refractivity contribution is 5.87. The minimum absolute atomic E-state index is 0.367. The normalized spacial score (nSPS) is 18.9. The van der Waals surface area contributed by atoms with E-state index in [-0.39, 0.29) is 0 Å². The molecule has 4 nitrogen and oxygen atoms in total. The molecule has 0 bridgehead atoms. The minimum Gasteiger partial charge on any atom is -0.490 e. The van der Waals surface area contributed by atoms with Crippen molar-refractivity contribution in [2.24, 2.45) is 11.8 Å². The van der Waals surface area contributed by atoms with Gasteiger partial charge in [-0.3, -0.25) is 0 Å². The fourth-order valence-electron chi connectivity index (χ4n) is 16.6. The first kappa shape index (κ1) is 63.6. The highest BCUT2D eigenvalue weighted by Gasteiger charge is 2.48. The first-order chi connectivity index (χ1) is 46.7. The van der Waals surface area contributed by atoms with Crippen molar-refractivity contribution in [2.75, 3.05) is 26.4 Å². The number of fused-ring (bicyclic) bond motifs is 12. The van der Waals surface area contributed by atoms with Crippen LogP contribution < -0.4 is 18.9 Å². The van der Waals surface area contributed by atoms with Crippen molar-refractivity contribution in [2.45, 2.75) is 80.5 Å². The Labute approximate surface area is 564 Å². The summed E-state index contributed by atoms with van der Waals surface area (Å²) in [5, 5.41) is 0. The van der Waals surface area contributed by atoms with Crippen LogP contribution in [-0.4, -0.2) is 26.4 Å². The Kier molecular flexibility index (Phi) is 18.9. The number of hydrogen-bond acceptors (Lipinski definition) is 4. The van der Waals surface area contributed by atoms with E-state index in [1.807, 2.05) is 48.5 Å². The van der Waals surface area contributed by atoms with Gasteiger partial charge in [-0.1, -0.05) is 290 Å². The topological polar surface area (TPSA) is 36.9 Å². The van der Waals surface area contributed by atoms with Crippen molar-refractivity contribution in [1.29, 1.82) is 0 Å². The van der Waals surface area contributed by atoms with E-state index < -0.39 is 10.8 Å². The zero-order valence-electron chi connectivity index (χ0n) is 55.2. The number of allylic oxidation sites excluding steroid dienone is 4. The lowest BCUT2D eigenvalue weighted by Gasteiger charge is -2.34. The Morgan fingerprint density at radius 2 is 0.653 bits per heavy atom. The van der Waals surface area contributed by atoms with Gasteiger partial charge in [0.05, 0.1) is 10.8 Å². The summed E-state index contributed by atoms with van der Waals surface area (Å²) in [5.41, 5.74) is 20.8. The Hall–Kier alpha value is -10.2. The maximum atomic E-state index is 5.76. The van der Waals surface area contributed by atoms with Crippen molar-refractivity contribution in [1.82, 2.24) is 0 Å². The number of ether oxygens (including phenoxy) is 4. The third kappa shape index (κ3) is 11.8. The van der Waals surface area contributed by atoms with E-state index in [2.05, 4.69) is 266 Å². The van der Waals surface area contributed by atoms with Gasteiger partial charge in [0.2, 0.25) is 0 Å². The molecule has 0 saturated heterocycles. The fourth-order valence-corrected chi connectivity index (χ4v) is 16.6. The fraction of sp³-hybridized carbons (Fsp3) is 0.209. The van der Waals surface area contributed by atoms with Gasteiger partial charge < -0.3 is 18.9 Å². The summed E-state index contributed by atoms with van der Waals surface area (Å²) in [6.07, 6.45) is 21.9. The van der Waals surface area contributed by atoms with Crippen LogP contribution in [0.5, 0.6) is 23.0 Å². The highest BCUT2D eigenvalue weighted by atomic mass is 16.5. The van der Waals surface area contributed by atoms with Crippen molar-refractivity contribution in [3.63, 3.8) is 0 Å². The zero-order valence-corrected chi connectivity index (χ0v) is 55.2. The van der Waals surface area contributed by atoms with E-state index in [1.165, 1.54) is 92.4 Å². The van der Waals surface area contributed by atoms with Crippen LogP contribution in [0.25, 0.3) is 22.3 Å². The predicted octanol–water partition coefficient (Wildman–Crippen LogP) is 22.2. The Balaban J connectivity index is 0.000000123. The standard InChI is InChI=1S/2C31H26O2.C15H18.C14H16/c2*1-3-21-32-25-17-13-23(14-18-25)31(24-15-19-26(20-16-24)33-22-4-2)29-11-7-5-9-27(29)28-10-6-8-12-30(28)31;1-15(2)13-9-5-3-7-11(13)12-8-4-6-10-14(12)15;1-10-11-6-2-4-8-13(11)14-9-5-3-7-12(10)14/h2*3-20H,1-2,21-22H2;3-5,7-9,12,14H,6,10H2,1-2H3;2,4-6,8-10,12,14H,3,7H2,1H3. The molecule has 0 aromatic heterocycles. The van der Waals surface area contributed by atoms with Crippen LogP contribution in [0.15, 0.2) is 318 Å². The molecule has 0 fully saturated rings. The molecule has 4 heteroatoms. The molecule has 95 heavy (non-hydrogen) atoms. The van der Waals surface area contributed by atoms with E-state index in [0.717, 1.165) is 46.7 Å². The average Bonchev–Trinajstić information content (AvgIpc) is 1.57.